The summed E-state index contributed by atoms with van der Waals surface area (Å²) in [6, 6.07) is 18.1. The lowest BCUT2D eigenvalue weighted by Gasteiger charge is -2.31. The van der Waals surface area contributed by atoms with Crippen LogP contribution in [0.3, 0.4) is 0 Å². The maximum Gasteiger partial charge on any atom is 0.166 e. The van der Waals surface area contributed by atoms with Crippen LogP contribution >= 0.6 is 0 Å². The van der Waals surface area contributed by atoms with Gasteiger partial charge in [0.25, 0.3) is 0 Å². The van der Waals surface area contributed by atoms with Gasteiger partial charge in [-0.15, -0.1) is 0 Å². The summed E-state index contributed by atoms with van der Waals surface area (Å²) in [6.45, 7) is 3.02. The number of nitrogens with zero attached hydrogens (tertiary/aromatic N) is 1. The molecule has 0 aliphatic carbocycles. The second-order valence-corrected chi connectivity index (χ2v) is 6.74. The Morgan fingerprint density at radius 2 is 1.67 bits per heavy atom. The molecule has 3 rings (SSSR count). The highest BCUT2D eigenvalue weighted by Gasteiger charge is 2.20. The maximum atomic E-state index is 12.3. The average molecular weight is 322 g/mol. The number of Topliss-reactive ketones (excluding diaryl/α,β-unsaturated/α-hetero) is 1. The number of ketones is 1. The standard InChI is InChI=1S/C21H26N2O/c22-20-9-5-4-8-19(20)21(24)12-15-23-13-10-18(11-14-23)16-17-6-2-1-3-7-17/h1-9,18H,10-16,22H2. The summed E-state index contributed by atoms with van der Waals surface area (Å²) < 4.78 is 0. The minimum absolute atomic E-state index is 0.152. The van der Waals surface area contributed by atoms with Gasteiger partial charge in [0.15, 0.2) is 5.78 Å². The van der Waals surface area contributed by atoms with E-state index in [9.17, 15) is 4.79 Å². The van der Waals surface area contributed by atoms with Gasteiger partial charge in [0, 0.05) is 24.2 Å². The SMILES string of the molecule is Nc1ccccc1C(=O)CCN1CCC(Cc2ccccc2)CC1. The largest absolute Gasteiger partial charge is 0.398 e. The number of likely N-dealkylation sites (tertiary alicyclic amines) is 1. The Morgan fingerprint density at radius 1 is 1.00 bits per heavy atom. The van der Waals surface area contributed by atoms with E-state index in [0.29, 0.717) is 17.7 Å². The number of rotatable bonds is 6. The summed E-state index contributed by atoms with van der Waals surface area (Å²) >= 11 is 0. The van der Waals surface area contributed by atoms with E-state index < -0.39 is 0 Å². The molecule has 0 aromatic heterocycles. The first-order valence-electron chi connectivity index (χ1n) is 8.86. The zero-order valence-electron chi connectivity index (χ0n) is 14.2. The molecule has 0 spiro atoms. The van der Waals surface area contributed by atoms with Gasteiger partial charge in [-0.25, -0.2) is 0 Å². The van der Waals surface area contributed by atoms with Crippen LogP contribution in [0.1, 0.15) is 35.2 Å². The zero-order chi connectivity index (χ0) is 16.8. The third-order valence-electron chi connectivity index (χ3n) is 4.99. The molecule has 2 aromatic carbocycles. The number of carbonyl (C=O) groups excluding carboxylic acids is 1. The third kappa shape index (κ3) is 4.45. The Hall–Kier alpha value is -2.13. The molecule has 0 unspecified atom stereocenters. The lowest BCUT2D eigenvalue weighted by Crippen LogP contribution is -2.35. The lowest BCUT2D eigenvalue weighted by molar-refractivity contribution is 0.0952. The predicted octanol–water partition coefficient (Wildman–Crippen LogP) is 3.80. The van der Waals surface area contributed by atoms with Crippen LogP contribution in [-0.2, 0) is 6.42 Å². The van der Waals surface area contributed by atoms with Gasteiger partial charge in [0.2, 0.25) is 0 Å². The van der Waals surface area contributed by atoms with Crippen LogP contribution in [0.5, 0.6) is 0 Å². The number of nitrogen functional groups attached to an aromatic ring is 1. The minimum Gasteiger partial charge on any atom is -0.398 e. The summed E-state index contributed by atoms with van der Waals surface area (Å²) in [5.41, 5.74) is 8.57. The van der Waals surface area contributed by atoms with Crippen LogP contribution in [0.25, 0.3) is 0 Å². The van der Waals surface area contributed by atoms with Gasteiger partial charge in [0.1, 0.15) is 0 Å². The number of piperidine rings is 1. The van der Waals surface area contributed by atoms with Crippen molar-refractivity contribution in [3.8, 4) is 0 Å². The molecule has 0 atom stereocenters. The molecule has 3 nitrogen and oxygen atoms in total. The van der Waals surface area contributed by atoms with Crippen molar-refractivity contribution in [2.24, 2.45) is 5.92 Å². The highest BCUT2D eigenvalue weighted by Crippen LogP contribution is 2.22. The first kappa shape index (κ1) is 16.7. The molecular formula is C21H26N2O. The summed E-state index contributed by atoms with van der Waals surface area (Å²) in [5, 5.41) is 0. The molecule has 24 heavy (non-hydrogen) atoms. The van der Waals surface area contributed by atoms with E-state index >= 15 is 0 Å². The number of para-hydroxylation sites is 1. The van der Waals surface area contributed by atoms with E-state index in [-0.39, 0.29) is 5.78 Å². The number of nitrogens with two attached hydrogens (primary N) is 1. The number of benzene rings is 2. The second kappa shape index (κ2) is 8.11. The molecule has 0 radical (unpaired) electrons. The van der Waals surface area contributed by atoms with Crippen LogP contribution in [0.15, 0.2) is 54.6 Å². The van der Waals surface area contributed by atoms with Gasteiger partial charge in [-0.2, -0.15) is 0 Å². The minimum atomic E-state index is 0.152. The molecule has 0 amide bonds. The van der Waals surface area contributed by atoms with Crippen molar-refractivity contribution in [3.05, 3.63) is 65.7 Å². The number of anilines is 1. The first-order valence-corrected chi connectivity index (χ1v) is 8.86. The molecule has 1 fully saturated rings. The van der Waals surface area contributed by atoms with E-state index in [2.05, 4.69) is 35.2 Å². The average Bonchev–Trinajstić information content (AvgIpc) is 2.62. The molecule has 1 saturated heterocycles. The van der Waals surface area contributed by atoms with E-state index in [4.69, 9.17) is 5.73 Å². The van der Waals surface area contributed by atoms with Crippen molar-refractivity contribution < 1.29 is 4.79 Å². The highest BCUT2D eigenvalue weighted by molar-refractivity contribution is 6.00. The fourth-order valence-electron chi connectivity index (χ4n) is 3.51. The van der Waals surface area contributed by atoms with Gasteiger partial charge in [-0.1, -0.05) is 42.5 Å². The van der Waals surface area contributed by atoms with Gasteiger partial charge in [-0.05, 0) is 56.0 Å². The summed E-state index contributed by atoms with van der Waals surface area (Å²) in [7, 11) is 0. The van der Waals surface area contributed by atoms with Crippen molar-refractivity contribution in [1.82, 2.24) is 4.90 Å². The molecule has 1 aliphatic rings. The Balaban J connectivity index is 1.43. The third-order valence-corrected chi connectivity index (χ3v) is 4.99. The molecule has 0 saturated carbocycles. The van der Waals surface area contributed by atoms with Crippen LogP contribution in [0, 0.1) is 5.92 Å². The first-order chi connectivity index (χ1) is 11.7. The van der Waals surface area contributed by atoms with E-state index in [1.807, 2.05) is 18.2 Å². The lowest BCUT2D eigenvalue weighted by atomic mass is 9.90. The number of hydrogen-bond donors (Lipinski definition) is 1. The van der Waals surface area contributed by atoms with Crippen LogP contribution in [-0.4, -0.2) is 30.3 Å². The van der Waals surface area contributed by atoms with E-state index in [1.54, 1.807) is 6.07 Å². The molecule has 1 heterocycles. The number of hydrogen-bond acceptors (Lipinski definition) is 3. The fraction of sp³-hybridized carbons (Fsp3) is 0.381. The highest BCUT2D eigenvalue weighted by atomic mass is 16.1. The molecule has 3 heteroatoms. The summed E-state index contributed by atoms with van der Waals surface area (Å²) in [5.74, 6) is 0.920. The van der Waals surface area contributed by atoms with Crippen molar-refractivity contribution >= 4 is 11.5 Å². The van der Waals surface area contributed by atoms with E-state index in [1.165, 1.54) is 24.8 Å². The Kier molecular flexibility index (Phi) is 5.65. The quantitative estimate of drug-likeness (QED) is 0.650. The van der Waals surface area contributed by atoms with Gasteiger partial charge in [0.05, 0.1) is 0 Å². The predicted molar refractivity (Wildman–Crippen MR) is 99.1 cm³/mol. The van der Waals surface area contributed by atoms with Crippen molar-refractivity contribution in [2.75, 3.05) is 25.4 Å². The second-order valence-electron chi connectivity index (χ2n) is 6.74. The maximum absolute atomic E-state index is 12.3. The van der Waals surface area contributed by atoms with Crippen LogP contribution < -0.4 is 5.73 Å². The Morgan fingerprint density at radius 3 is 2.38 bits per heavy atom. The van der Waals surface area contributed by atoms with Crippen molar-refractivity contribution in [1.29, 1.82) is 0 Å². The molecule has 0 bridgehead atoms. The van der Waals surface area contributed by atoms with Crippen LogP contribution in [0.2, 0.25) is 0 Å². The molecule has 126 valence electrons. The normalized spacial score (nSPS) is 16.2. The van der Waals surface area contributed by atoms with Crippen molar-refractivity contribution in [3.63, 3.8) is 0 Å². The zero-order valence-corrected chi connectivity index (χ0v) is 14.2. The summed E-state index contributed by atoms with van der Waals surface area (Å²) in [4.78, 5) is 14.7. The Bertz CT molecular complexity index is 661. The molecular weight excluding hydrogens is 296 g/mol. The smallest absolute Gasteiger partial charge is 0.166 e. The summed E-state index contributed by atoms with van der Waals surface area (Å²) in [6.07, 6.45) is 4.17. The van der Waals surface area contributed by atoms with E-state index in [0.717, 1.165) is 25.6 Å². The molecule has 2 N–H and O–H groups in total. The topological polar surface area (TPSA) is 46.3 Å². The van der Waals surface area contributed by atoms with Gasteiger partial charge >= 0.3 is 0 Å². The molecule has 1 aliphatic heterocycles. The molecule has 2 aromatic rings. The monoisotopic (exact) mass is 322 g/mol. The van der Waals surface area contributed by atoms with Crippen LogP contribution in [0.4, 0.5) is 5.69 Å². The fourth-order valence-corrected chi connectivity index (χ4v) is 3.51. The number of carbonyl (C=O) groups is 1. The Labute approximate surface area is 144 Å². The van der Waals surface area contributed by atoms with Gasteiger partial charge in [-0.3, -0.25) is 4.79 Å². The van der Waals surface area contributed by atoms with Crippen molar-refractivity contribution in [2.45, 2.75) is 25.7 Å². The van der Waals surface area contributed by atoms with Gasteiger partial charge < -0.3 is 10.6 Å².